The van der Waals surface area contributed by atoms with Crippen molar-refractivity contribution in [1.29, 1.82) is 0 Å². The lowest BCUT2D eigenvalue weighted by Crippen LogP contribution is -2.24. The first-order valence-corrected chi connectivity index (χ1v) is 10.8. The van der Waals surface area contributed by atoms with E-state index in [1.54, 1.807) is 10.6 Å². The largest absolute Gasteiger partial charge is 0.486 e. The number of aliphatic hydroxyl groups excluding tert-OH is 1. The summed E-state index contributed by atoms with van der Waals surface area (Å²) in [7, 11) is 0. The molecule has 1 aromatic heterocycles. The number of benzene rings is 2. The van der Waals surface area contributed by atoms with E-state index in [0.29, 0.717) is 48.0 Å². The van der Waals surface area contributed by atoms with E-state index in [4.69, 9.17) is 14.5 Å². The van der Waals surface area contributed by atoms with E-state index in [0.717, 1.165) is 21.5 Å². The minimum absolute atomic E-state index is 0.0249. The SMILES string of the molecule is O=c1c2ccccc2nc(SCc2cc3c(cc2Br)OCCO3)n1CCCO. The fraction of sp³-hybridized carbons (Fsp3) is 0.300. The highest BCUT2D eigenvalue weighted by Crippen LogP contribution is 2.37. The molecule has 8 heteroatoms. The number of nitrogens with zero attached hydrogens (tertiary/aromatic N) is 2. The topological polar surface area (TPSA) is 73.6 Å². The monoisotopic (exact) mass is 462 g/mol. The summed E-state index contributed by atoms with van der Waals surface area (Å²) in [6.45, 7) is 1.54. The van der Waals surface area contributed by atoms with Gasteiger partial charge in [0.2, 0.25) is 0 Å². The van der Waals surface area contributed by atoms with Gasteiger partial charge in [0.25, 0.3) is 5.56 Å². The molecule has 3 aromatic rings. The molecule has 2 heterocycles. The predicted molar refractivity (Wildman–Crippen MR) is 112 cm³/mol. The maximum atomic E-state index is 12.9. The zero-order chi connectivity index (χ0) is 19.5. The molecular formula is C20H19BrN2O4S. The molecule has 0 fully saturated rings. The van der Waals surface area contributed by atoms with Gasteiger partial charge in [-0.3, -0.25) is 9.36 Å². The van der Waals surface area contributed by atoms with Crippen LogP contribution in [-0.4, -0.2) is 34.5 Å². The van der Waals surface area contributed by atoms with Gasteiger partial charge in [-0.2, -0.15) is 0 Å². The van der Waals surface area contributed by atoms with Crippen LogP contribution in [0.3, 0.4) is 0 Å². The number of hydrogen-bond acceptors (Lipinski definition) is 6. The molecule has 0 unspecified atom stereocenters. The zero-order valence-electron chi connectivity index (χ0n) is 15.1. The van der Waals surface area contributed by atoms with Crippen LogP contribution in [0.15, 0.2) is 50.8 Å². The van der Waals surface area contributed by atoms with E-state index in [2.05, 4.69) is 15.9 Å². The van der Waals surface area contributed by atoms with E-state index >= 15 is 0 Å². The van der Waals surface area contributed by atoms with Crippen LogP contribution >= 0.6 is 27.7 Å². The molecule has 0 radical (unpaired) electrons. The van der Waals surface area contributed by atoms with Gasteiger partial charge in [0.15, 0.2) is 16.7 Å². The first-order chi connectivity index (χ1) is 13.7. The van der Waals surface area contributed by atoms with Crippen molar-refractivity contribution in [3.63, 3.8) is 0 Å². The van der Waals surface area contributed by atoms with Crippen molar-refractivity contribution >= 4 is 38.6 Å². The molecule has 2 aromatic carbocycles. The Labute approximate surface area is 174 Å². The van der Waals surface area contributed by atoms with Crippen LogP contribution in [0.5, 0.6) is 11.5 Å². The first-order valence-electron chi connectivity index (χ1n) is 8.98. The molecule has 0 saturated carbocycles. The molecule has 0 aliphatic carbocycles. The summed E-state index contributed by atoms with van der Waals surface area (Å²) in [5, 5.41) is 10.4. The van der Waals surface area contributed by atoms with E-state index in [9.17, 15) is 9.90 Å². The molecule has 0 atom stereocenters. The molecule has 0 spiro atoms. The third-order valence-electron chi connectivity index (χ3n) is 4.43. The normalized spacial score (nSPS) is 13.1. The Bertz CT molecular complexity index is 1070. The maximum absolute atomic E-state index is 12.9. The summed E-state index contributed by atoms with van der Waals surface area (Å²) in [5.74, 6) is 2.07. The molecule has 146 valence electrons. The number of aliphatic hydroxyl groups is 1. The number of para-hydroxylation sites is 1. The number of ether oxygens (including phenoxy) is 2. The summed E-state index contributed by atoms with van der Waals surface area (Å²) >= 11 is 5.08. The van der Waals surface area contributed by atoms with Crippen LogP contribution < -0.4 is 15.0 Å². The molecule has 6 nitrogen and oxygen atoms in total. The van der Waals surface area contributed by atoms with Crippen molar-refractivity contribution < 1.29 is 14.6 Å². The van der Waals surface area contributed by atoms with Crippen molar-refractivity contribution in [2.45, 2.75) is 23.9 Å². The van der Waals surface area contributed by atoms with Crippen molar-refractivity contribution in [3.8, 4) is 11.5 Å². The highest BCUT2D eigenvalue weighted by molar-refractivity contribution is 9.10. The van der Waals surface area contributed by atoms with Gasteiger partial charge < -0.3 is 14.6 Å². The lowest BCUT2D eigenvalue weighted by atomic mass is 10.2. The van der Waals surface area contributed by atoms with Crippen LogP contribution in [0.1, 0.15) is 12.0 Å². The van der Waals surface area contributed by atoms with Gasteiger partial charge in [-0.05, 0) is 36.2 Å². The molecule has 0 amide bonds. The minimum atomic E-state index is -0.0808. The summed E-state index contributed by atoms with van der Waals surface area (Å²) in [6, 6.07) is 11.2. The lowest BCUT2D eigenvalue weighted by molar-refractivity contribution is 0.171. The Balaban J connectivity index is 1.66. The molecule has 4 rings (SSSR count). The van der Waals surface area contributed by atoms with Gasteiger partial charge in [-0.1, -0.05) is 39.8 Å². The highest BCUT2D eigenvalue weighted by Gasteiger charge is 2.17. The third-order valence-corrected chi connectivity index (χ3v) is 6.20. The standard InChI is InChI=1S/C20H19BrN2O4S/c21-15-11-18-17(26-8-9-27-18)10-13(15)12-28-20-22-16-5-2-1-4-14(16)19(25)23(20)6-3-7-24/h1-2,4-5,10-11,24H,3,6-9,12H2. The summed E-state index contributed by atoms with van der Waals surface area (Å²) in [5.41, 5.74) is 1.63. The Kier molecular flexibility index (Phi) is 5.89. The molecule has 1 N–H and O–H groups in total. The van der Waals surface area contributed by atoms with Gasteiger partial charge in [0.05, 0.1) is 10.9 Å². The maximum Gasteiger partial charge on any atom is 0.262 e. The predicted octanol–water partition coefficient (Wildman–Crippen LogP) is 3.60. The molecule has 28 heavy (non-hydrogen) atoms. The minimum Gasteiger partial charge on any atom is -0.486 e. The Morgan fingerprint density at radius 3 is 2.71 bits per heavy atom. The van der Waals surface area contributed by atoms with Crippen LogP contribution in [0.2, 0.25) is 0 Å². The van der Waals surface area contributed by atoms with E-state index in [1.165, 1.54) is 11.8 Å². The van der Waals surface area contributed by atoms with Gasteiger partial charge in [-0.15, -0.1) is 0 Å². The van der Waals surface area contributed by atoms with Crippen molar-refractivity contribution in [2.75, 3.05) is 19.8 Å². The first kappa shape index (κ1) is 19.3. The number of halogens is 1. The van der Waals surface area contributed by atoms with Gasteiger partial charge in [0, 0.05) is 23.4 Å². The van der Waals surface area contributed by atoms with Gasteiger partial charge in [0.1, 0.15) is 13.2 Å². The fourth-order valence-electron chi connectivity index (χ4n) is 3.04. The second kappa shape index (κ2) is 8.55. The van der Waals surface area contributed by atoms with Gasteiger partial charge in [-0.25, -0.2) is 4.98 Å². The smallest absolute Gasteiger partial charge is 0.262 e. The molecule has 1 aliphatic heterocycles. The van der Waals surface area contributed by atoms with Crippen LogP contribution in [0.4, 0.5) is 0 Å². The average molecular weight is 463 g/mol. The molecule has 1 aliphatic rings. The second-order valence-electron chi connectivity index (χ2n) is 6.32. The third kappa shape index (κ3) is 3.90. The van der Waals surface area contributed by atoms with Crippen molar-refractivity contribution in [1.82, 2.24) is 9.55 Å². The van der Waals surface area contributed by atoms with E-state index in [1.807, 2.05) is 30.3 Å². The quantitative estimate of drug-likeness (QED) is 0.445. The van der Waals surface area contributed by atoms with Crippen molar-refractivity contribution in [3.05, 3.63) is 56.8 Å². The zero-order valence-corrected chi connectivity index (χ0v) is 17.5. The number of rotatable bonds is 6. The molecule has 0 saturated heterocycles. The average Bonchev–Trinajstić information content (AvgIpc) is 2.72. The fourth-order valence-corrected chi connectivity index (χ4v) is 4.71. The molecule has 0 bridgehead atoms. The second-order valence-corrected chi connectivity index (χ2v) is 8.12. The number of hydrogen-bond donors (Lipinski definition) is 1. The van der Waals surface area contributed by atoms with Gasteiger partial charge >= 0.3 is 0 Å². The van der Waals surface area contributed by atoms with Crippen LogP contribution in [0, 0.1) is 0 Å². The van der Waals surface area contributed by atoms with Crippen molar-refractivity contribution in [2.24, 2.45) is 0 Å². The van der Waals surface area contributed by atoms with Crippen LogP contribution in [-0.2, 0) is 12.3 Å². The number of thioether (sulfide) groups is 1. The highest BCUT2D eigenvalue weighted by atomic mass is 79.9. The summed E-state index contributed by atoms with van der Waals surface area (Å²) < 4.78 is 13.9. The number of aromatic nitrogens is 2. The molecular weight excluding hydrogens is 444 g/mol. The van der Waals surface area contributed by atoms with Crippen LogP contribution in [0.25, 0.3) is 10.9 Å². The summed E-state index contributed by atoms with van der Waals surface area (Å²) in [4.78, 5) is 17.6. The lowest BCUT2D eigenvalue weighted by Gasteiger charge is -2.20. The van der Waals surface area contributed by atoms with E-state index < -0.39 is 0 Å². The summed E-state index contributed by atoms with van der Waals surface area (Å²) in [6.07, 6.45) is 0.501. The Hall–Kier alpha value is -2.03. The number of fused-ring (bicyclic) bond motifs is 2. The Morgan fingerprint density at radius 1 is 1.18 bits per heavy atom. The Morgan fingerprint density at radius 2 is 1.93 bits per heavy atom. The van der Waals surface area contributed by atoms with E-state index in [-0.39, 0.29) is 12.2 Å².